The van der Waals surface area contributed by atoms with E-state index >= 15 is 0 Å². The third-order valence-electron chi connectivity index (χ3n) is 2.68. The van der Waals surface area contributed by atoms with Crippen LogP contribution in [0.4, 0.5) is 10.1 Å². The van der Waals surface area contributed by atoms with Crippen molar-refractivity contribution in [2.45, 2.75) is 12.6 Å². The monoisotopic (exact) mass is 287 g/mol. The van der Waals surface area contributed by atoms with Gasteiger partial charge in [-0.1, -0.05) is 0 Å². The number of rotatable bonds is 2. The van der Waals surface area contributed by atoms with Crippen LogP contribution in [0, 0.1) is 5.82 Å². The number of nitrogens with zero attached hydrogens (tertiary/aromatic N) is 1. The van der Waals surface area contributed by atoms with Gasteiger partial charge in [-0.15, -0.1) is 0 Å². The number of carbonyl (C=O) groups is 1. The topological polar surface area (TPSA) is 29.5 Å². The average molecular weight is 288 g/mol. The predicted octanol–water partition coefficient (Wildman–Crippen LogP) is 2.34. The Morgan fingerprint density at radius 2 is 2.38 bits per heavy atom. The minimum absolute atomic E-state index is 0.349. The van der Waals surface area contributed by atoms with E-state index in [1.807, 2.05) is 0 Å². The third kappa shape index (κ3) is 1.85. The van der Waals surface area contributed by atoms with Gasteiger partial charge in [0.25, 0.3) is 0 Å². The van der Waals surface area contributed by atoms with Gasteiger partial charge in [0, 0.05) is 12.2 Å². The number of aldehydes is 1. The molecular weight excluding hydrogens is 277 g/mol. The van der Waals surface area contributed by atoms with E-state index in [1.54, 1.807) is 24.0 Å². The summed E-state index contributed by atoms with van der Waals surface area (Å²) >= 11 is 3.09. The Balaban J connectivity index is 2.37. The molecule has 1 aliphatic heterocycles. The van der Waals surface area contributed by atoms with E-state index in [0.717, 1.165) is 6.29 Å². The molecule has 0 spiro atoms. The maximum atomic E-state index is 13.4. The van der Waals surface area contributed by atoms with Gasteiger partial charge >= 0.3 is 0 Å². The van der Waals surface area contributed by atoms with Crippen LogP contribution in [0.5, 0.6) is 0 Å². The zero-order valence-corrected chi connectivity index (χ0v) is 10.3. The molecule has 2 rings (SSSR count). The van der Waals surface area contributed by atoms with Crippen LogP contribution in [0.3, 0.4) is 0 Å². The molecule has 0 N–H and O–H groups in total. The fraction of sp³-hybridized carbons (Fsp3) is 0.364. The van der Waals surface area contributed by atoms with Gasteiger partial charge in [0.05, 0.1) is 11.1 Å². The summed E-state index contributed by atoms with van der Waals surface area (Å²) in [5.74, 6) is -0.349. The molecule has 1 aromatic rings. The van der Waals surface area contributed by atoms with Gasteiger partial charge in [-0.2, -0.15) is 0 Å². The van der Waals surface area contributed by atoms with Crippen LogP contribution < -0.4 is 4.90 Å². The summed E-state index contributed by atoms with van der Waals surface area (Å²) in [6.07, 6.45) is 0.736. The summed E-state index contributed by atoms with van der Waals surface area (Å²) in [6, 6.07) is 4.76. The van der Waals surface area contributed by atoms with Gasteiger partial charge in [-0.3, -0.25) is 4.79 Å². The predicted molar refractivity (Wildman–Crippen MR) is 61.9 cm³/mol. The Morgan fingerprint density at radius 3 is 3.00 bits per heavy atom. The minimum Gasteiger partial charge on any atom is -0.347 e. The first-order valence-electron chi connectivity index (χ1n) is 4.90. The van der Waals surface area contributed by atoms with E-state index in [4.69, 9.17) is 4.74 Å². The molecule has 16 heavy (non-hydrogen) atoms. The summed E-state index contributed by atoms with van der Waals surface area (Å²) in [6.45, 7) is 2.72. The lowest BCUT2D eigenvalue weighted by Crippen LogP contribution is -2.43. The molecule has 0 bridgehead atoms. The second-order valence-corrected chi connectivity index (χ2v) is 4.63. The zero-order valence-electron chi connectivity index (χ0n) is 8.74. The first kappa shape index (κ1) is 11.5. The third-order valence-corrected chi connectivity index (χ3v) is 3.32. The summed E-state index contributed by atoms with van der Waals surface area (Å²) in [7, 11) is 0. The van der Waals surface area contributed by atoms with Crippen molar-refractivity contribution in [2.75, 3.05) is 18.1 Å². The lowest BCUT2D eigenvalue weighted by atomic mass is 10.2. The molecule has 1 aliphatic rings. The molecule has 0 aromatic heterocycles. The van der Waals surface area contributed by atoms with Crippen LogP contribution >= 0.6 is 15.9 Å². The molecule has 0 saturated carbocycles. The molecule has 86 valence electrons. The fourth-order valence-corrected chi connectivity index (χ4v) is 2.03. The Morgan fingerprint density at radius 1 is 1.62 bits per heavy atom. The molecule has 1 fully saturated rings. The standard InChI is InChI=1S/C11H11BrFNO2/c1-11(7-15)14(4-5-16-11)8-2-3-9(12)10(13)6-8/h2-3,6-7H,4-5H2,1H3. The van der Waals surface area contributed by atoms with Crippen LogP contribution in [0.25, 0.3) is 0 Å². The van der Waals surface area contributed by atoms with Crippen molar-refractivity contribution >= 4 is 27.9 Å². The van der Waals surface area contributed by atoms with E-state index in [2.05, 4.69) is 15.9 Å². The number of anilines is 1. The highest BCUT2D eigenvalue weighted by molar-refractivity contribution is 9.10. The fourth-order valence-electron chi connectivity index (χ4n) is 1.78. The van der Waals surface area contributed by atoms with Crippen LogP contribution in [-0.2, 0) is 9.53 Å². The number of hydrogen-bond donors (Lipinski definition) is 0. The zero-order chi connectivity index (χ0) is 11.8. The van der Waals surface area contributed by atoms with E-state index in [0.29, 0.717) is 23.3 Å². The second-order valence-electron chi connectivity index (χ2n) is 3.77. The van der Waals surface area contributed by atoms with Crippen molar-refractivity contribution < 1.29 is 13.9 Å². The Labute approximate surface area is 101 Å². The molecule has 5 heteroatoms. The molecular formula is C11H11BrFNO2. The van der Waals surface area contributed by atoms with E-state index in [9.17, 15) is 9.18 Å². The van der Waals surface area contributed by atoms with E-state index < -0.39 is 5.72 Å². The number of benzene rings is 1. The van der Waals surface area contributed by atoms with E-state index in [-0.39, 0.29) is 5.82 Å². The van der Waals surface area contributed by atoms with Gasteiger partial charge in [0.15, 0.2) is 12.0 Å². The number of halogens is 2. The largest absolute Gasteiger partial charge is 0.347 e. The first-order valence-corrected chi connectivity index (χ1v) is 5.69. The number of carbonyl (C=O) groups excluding carboxylic acids is 1. The summed E-state index contributed by atoms with van der Waals surface area (Å²) in [4.78, 5) is 12.7. The van der Waals surface area contributed by atoms with Crippen LogP contribution in [0.15, 0.2) is 22.7 Å². The van der Waals surface area contributed by atoms with Gasteiger partial charge in [0.1, 0.15) is 5.82 Å². The minimum atomic E-state index is -0.986. The van der Waals surface area contributed by atoms with Crippen LogP contribution in [0.1, 0.15) is 6.92 Å². The highest BCUT2D eigenvalue weighted by Gasteiger charge is 2.37. The molecule has 1 unspecified atom stereocenters. The molecule has 0 radical (unpaired) electrons. The highest BCUT2D eigenvalue weighted by atomic mass is 79.9. The maximum Gasteiger partial charge on any atom is 0.194 e. The average Bonchev–Trinajstić information content (AvgIpc) is 2.65. The number of ether oxygens (including phenoxy) is 1. The van der Waals surface area contributed by atoms with Crippen LogP contribution in [0.2, 0.25) is 0 Å². The van der Waals surface area contributed by atoms with E-state index in [1.165, 1.54) is 6.07 Å². The maximum absolute atomic E-state index is 13.4. The van der Waals surface area contributed by atoms with Crippen molar-refractivity contribution in [3.63, 3.8) is 0 Å². The number of hydrogen-bond acceptors (Lipinski definition) is 3. The highest BCUT2D eigenvalue weighted by Crippen LogP contribution is 2.30. The Bertz CT molecular complexity index is 426. The SMILES string of the molecule is CC1(C=O)OCCN1c1ccc(Br)c(F)c1. The lowest BCUT2D eigenvalue weighted by Gasteiger charge is -2.30. The van der Waals surface area contributed by atoms with Gasteiger partial charge in [-0.05, 0) is 41.1 Å². The summed E-state index contributed by atoms with van der Waals surface area (Å²) < 4.78 is 19.1. The van der Waals surface area contributed by atoms with Gasteiger partial charge in [-0.25, -0.2) is 4.39 Å². The first-order chi connectivity index (χ1) is 7.57. The van der Waals surface area contributed by atoms with Crippen molar-refractivity contribution in [1.29, 1.82) is 0 Å². The summed E-state index contributed by atoms with van der Waals surface area (Å²) in [5, 5.41) is 0. The molecule has 1 atom stereocenters. The van der Waals surface area contributed by atoms with Crippen molar-refractivity contribution in [1.82, 2.24) is 0 Å². The van der Waals surface area contributed by atoms with Crippen LogP contribution in [-0.4, -0.2) is 25.2 Å². The molecule has 1 saturated heterocycles. The second kappa shape index (κ2) is 4.14. The normalized spacial score (nSPS) is 24.8. The lowest BCUT2D eigenvalue weighted by molar-refractivity contribution is -0.123. The summed E-state index contributed by atoms with van der Waals surface area (Å²) in [5.41, 5.74) is -0.340. The van der Waals surface area contributed by atoms with Crippen molar-refractivity contribution in [2.24, 2.45) is 0 Å². The quantitative estimate of drug-likeness (QED) is 0.782. The molecule has 1 heterocycles. The molecule has 3 nitrogen and oxygen atoms in total. The molecule has 0 amide bonds. The van der Waals surface area contributed by atoms with Crippen molar-refractivity contribution in [3.8, 4) is 0 Å². The molecule has 1 aromatic carbocycles. The van der Waals surface area contributed by atoms with Gasteiger partial charge in [0.2, 0.25) is 0 Å². The Kier molecular flexibility index (Phi) is 2.99. The Hall–Kier alpha value is -0.940. The van der Waals surface area contributed by atoms with Gasteiger partial charge < -0.3 is 9.64 Å². The van der Waals surface area contributed by atoms with Crippen molar-refractivity contribution in [3.05, 3.63) is 28.5 Å². The molecule has 0 aliphatic carbocycles. The smallest absolute Gasteiger partial charge is 0.194 e.